The highest BCUT2D eigenvalue weighted by atomic mass is 19.4. The van der Waals surface area contributed by atoms with Crippen molar-refractivity contribution < 1.29 is 22.8 Å². The third-order valence-electron chi connectivity index (χ3n) is 5.28. The Morgan fingerprint density at radius 3 is 2.00 bits per heavy atom. The lowest BCUT2D eigenvalue weighted by Crippen LogP contribution is -2.32. The van der Waals surface area contributed by atoms with Gasteiger partial charge in [-0.05, 0) is 55.3 Å². The van der Waals surface area contributed by atoms with Crippen LogP contribution in [0, 0.1) is 13.8 Å². The number of nitrogens with one attached hydrogen (secondary N) is 1. The van der Waals surface area contributed by atoms with Gasteiger partial charge in [-0.25, -0.2) is 4.90 Å². The Labute approximate surface area is 183 Å². The van der Waals surface area contributed by atoms with E-state index in [1.165, 1.54) is 0 Å². The number of alkyl halides is 3. The number of carbonyl (C=O) groups excluding carboxylic acids is 2. The summed E-state index contributed by atoms with van der Waals surface area (Å²) in [6.07, 6.45) is -4.51. The number of carbonyl (C=O) groups is 2. The van der Waals surface area contributed by atoms with E-state index in [-0.39, 0.29) is 17.0 Å². The molecule has 0 saturated carbocycles. The first kappa shape index (κ1) is 21.4. The molecule has 4 nitrogen and oxygen atoms in total. The van der Waals surface area contributed by atoms with E-state index in [1.807, 2.05) is 38.1 Å². The van der Waals surface area contributed by atoms with Gasteiger partial charge in [0.15, 0.2) is 0 Å². The Morgan fingerprint density at radius 1 is 0.781 bits per heavy atom. The summed E-state index contributed by atoms with van der Waals surface area (Å²) in [5.41, 5.74) is 2.51. The second-order valence-corrected chi connectivity index (χ2v) is 7.55. The fraction of sp³-hybridized carbons (Fsp3) is 0.120. The van der Waals surface area contributed by atoms with Gasteiger partial charge in [-0.1, -0.05) is 48.0 Å². The van der Waals surface area contributed by atoms with Gasteiger partial charge in [0.2, 0.25) is 0 Å². The lowest BCUT2D eigenvalue weighted by atomic mass is 10.0. The first-order valence-corrected chi connectivity index (χ1v) is 9.87. The van der Waals surface area contributed by atoms with Crippen LogP contribution in [0.1, 0.15) is 22.3 Å². The molecule has 0 aliphatic carbocycles. The normalized spacial score (nSPS) is 14.3. The van der Waals surface area contributed by atoms with Crippen LogP contribution in [-0.4, -0.2) is 11.8 Å². The first-order valence-electron chi connectivity index (χ1n) is 9.87. The zero-order valence-corrected chi connectivity index (χ0v) is 17.3. The van der Waals surface area contributed by atoms with E-state index in [2.05, 4.69) is 5.32 Å². The molecule has 0 atom stereocenters. The summed E-state index contributed by atoms with van der Waals surface area (Å²) in [6.45, 7) is 3.77. The zero-order valence-electron chi connectivity index (χ0n) is 17.3. The minimum atomic E-state index is -4.51. The van der Waals surface area contributed by atoms with Crippen molar-refractivity contribution in [3.05, 3.63) is 101 Å². The summed E-state index contributed by atoms with van der Waals surface area (Å²) in [5, 5.41) is 3.08. The summed E-state index contributed by atoms with van der Waals surface area (Å²) >= 11 is 0. The maximum absolute atomic E-state index is 13.4. The molecular formula is C25H19F3N2O2. The van der Waals surface area contributed by atoms with Crippen molar-refractivity contribution in [2.45, 2.75) is 20.0 Å². The second kappa shape index (κ2) is 8.00. The van der Waals surface area contributed by atoms with Crippen LogP contribution in [0.2, 0.25) is 0 Å². The number of benzene rings is 3. The monoisotopic (exact) mass is 436 g/mol. The van der Waals surface area contributed by atoms with Crippen molar-refractivity contribution in [2.24, 2.45) is 0 Å². The van der Waals surface area contributed by atoms with E-state index in [0.29, 0.717) is 11.3 Å². The predicted octanol–water partition coefficient (Wildman–Crippen LogP) is 5.72. The van der Waals surface area contributed by atoms with Crippen LogP contribution in [0.25, 0.3) is 5.57 Å². The molecule has 1 aliphatic heterocycles. The van der Waals surface area contributed by atoms with Crippen molar-refractivity contribution in [2.75, 3.05) is 10.2 Å². The number of para-hydroxylation sites is 1. The van der Waals surface area contributed by atoms with E-state index in [4.69, 9.17) is 0 Å². The van der Waals surface area contributed by atoms with E-state index in [1.54, 1.807) is 24.3 Å². The number of aryl methyl sites for hydroxylation is 2. The molecule has 1 aliphatic rings. The van der Waals surface area contributed by atoms with Crippen LogP contribution in [0.15, 0.2) is 78.5 Å². The number of nitrogens with zero attached hydrogens (tertiary/aromatic N) is 1. The molecule has 7 heteroatoms. The van der Waals surface area contributed by atoms with Crippen molar-refractivity contribution in [1.82, 2.24) is 0 Å². The van der Waals surface area contributed by atoms with E-state index < -0.39 is 23.6 Å². The number of halogens is 3. The summed E-state index contributed by atoms with van der Waals surface area (Å²) in [5.74, 6) is -1.23. The zero-order chi connectivity index (χ0) is 23.0. The second-order valence-electron chi connectivity index (χ2n) is 7.55. The Balaban J connectivity index is 1.79. The van der Waals surface area contributed by atoms with Gasteiger partial charge in [0, 0.05) is 5.69 Å². The molecule has 3 aromatic rings. The van der Waals surface area contributed by atoms with Crippen molar-refractivity contribution >= 4 is 28.8 Å². The minimum Gasteiger partial charge on any atom is -0.350 e. The van der Waals surface area contributed by atoms with Crippen LogP contribution in [0.4, 0.5) is 24.5 Å². The molecule has 4 rings (SSSR count). The van der Waals surface area contributed by atoms with Gasteiger partial charge in [-0.3, -0.25) is 9.59 Å². The molecule has 32 heavy (non-hydrogen) atoms. The van der Waals surface area contributed by atoms with Crippen LogP contribution in [-0.2, 0) is 15.8 Å². The molecule has 3 aromatic carbocycles. The highest BCUT2D eigenvalue weighted by Gasteiger charge is 2.40. The summed E-state index contributed by atoms with van der Waals surface area (Å²) in [6, 6.07) is 18.4. The molecule has 0 unspecified atom stereocenters. The standard InChI is InChI=1S/C25H19F3N2O2/c1-15-7-9-17(10-8-15)21-22(29-20-6-4-3-5-16(20)2)24(32)30(23(21)31)19-13-11-18(12-14-19)25(26,27)28/h3-14,29H,1-2H3. The topological polar surface area (TPSA) is 49.4 Å². The highest BCUT2D eigenvalue weighted by Crippen LogP contribution is 2.36. The molecule has 0 fully saturated rings. The Hall–Kier alpha value is -3.87. The van der Waals surface area contributed by atoms with Crippen LogP contribution >= 0.6 is 0 Å². The van der Waals surface area contributed by atoms with Crippen molar-refractivity contribution in [3.8, 4) is 0 Å². The quantitative estimate of drug-likeness (QED) is 0.533. The lowest BCUT2D eigenvalue weighted by Gasteiger charge is -2.16. The number of amides is 2. The molecule has 162 valence electrons. The average Bonchev–Trinajstić information content (AvgIpc) is 2.99. The van der Waals surface area contributed by atoms with Gasteiger partial charge in [0.05, 0.1) is 16.8 Å². The van der Waals surface area contributed by atoms with Gasteiger partial charge in [0.1, 0.15) is 5.70 Å². The summed E-state index contributed by atoms with van der Waals surface area (Å²) in [4.78, 5) is 27.6. The molecule has 0 spiro atoms. The third-order valence-corrected chi connectivity index (χ3v) is 5.28. The maximum Gasteiger partial charge on any atom is 0.416 e. The number of hydrogen-bond donors (Lipinski definition) is 1. The predicted molar refractivity (Wildman–Crippen MR) is 117 cm³/mol. The maximum atomic E-state index is 13.4. The number of rotatable bonds is 4. The Kier molecular flexibility index (Phi) is 5.34. The van der Waals surface area contributed by atoms with E-state index >= 15 is 0 Å². The first-order chi connectivity index (χ1) is 15.2. The molecule has 0 saturated heterocycles. The number of anilines is 2. The SMILES string of the molecule is Cc1ccc(C2=C(Nc3ccccc3C)C(=O)N(c3ccc(C(F)(F)F)cc3)C2=O)cc1. The molecule has 0 bridgehead atoms. The summed E-state index contributed by atoms with van der Waals surface area (Å²) in [7, 11) is 0. The molecule has 2 amide bonds. The molecule has 1 N–H and O–H groups in total. The largest absolute Gasteiger partial charge is 0.416 e. The number of imide groups is 1. The smallest absolute Gasteiger partial charge is 0.350 e. The highest BCUT2D eigenvalue weighted by molar-refractivity contribution is 6.46. The third kappa shape index (κ3) is 3.89. The van der Waals surface area contributed by atoms with Crippen molar-refractivity contribution in [1.29, 1.82) is 0 Å². The molecule has 0 aromatic heterocycles. The van der Waals surface area contributed by atoms with Gasteiger partial charge < -0.3 is 5.32 Å². The van der Waals surface area contributed by atoms with Gasteiger partial charge >= 0.3 is 6.18 Å². The van der Waals surface area contributed by atoms with E-state index in [0.717, 1.165) is 40.3 Å². The van der Waals surface area contributed by atoms with Gasteiger partial charge in [-0.15, -0.1) is 0 Å². The van der Waals surface area contributed by atoms with Gasteiger partial charge in [0.25, 0.3) is 11.8 Å². The van der Waals surface area contributed by atoms with Crippen LogP contribution in [0.5, 0.6) is 0 Å². The Bertz CT molecular complexity index is 1230. The van der Waals surface area contributed by atoms with E-state index in [9.17, 15) is 22.8 Å². The molecule has 0 radical (unpaired) electrons. The summed E-state index contributed by atoms with van der Waals surface area (Å²) < 4.78 is 38.8. The molecule has 1 heterocycles. The lowest BCUT2D eigenvalue weighted by molar-refractivity contribution is -0.137. The fourth-order valence-corrected chi connectivity index (χ4v) is 3.52. The average molecular weight is 436 g/mol. The Morgan fingerprint density at radius 2 is 1.41 bits per heavy atom. The number of hydrogen-bond acceptors (Lipinski definition) is 3. The van der Waals surface area contributed by atoms with Gasteiger partial charge in [-0.2, -0.15) is 13.2 Å². The molecular weight excluding hydrogens is 417 g/mol. The minimum absolute atomic E-state index is 0.0687. The van der Waals surface area contributed by atoms with Crippen molar-refractivity contribution in [3.63, 3.8) is 0 Å². The fourth-order valence-electron chi connectivity index (χ4n) is 3.52. The van der Waals surface area contributed by atoms with Crippen LogP contribution < -0.4 is 10.2 Å². The van der Waals surface area contributed by atoms with Crippen LogP contribution in [0.3, 0.4) is 0 Å².